The molecule has 1 unspecified atom stereocenters. The van der Waals surface area contributed by atoms with Gasteiger partial charge in [0.2, 0.25) is 5.91 Å². The maximum atomic E-state index is 12.6. The highest BCUT2D eigenvalue weighted by atomic mass is 16.2. The van der Waals surface area contributed by atoms with Gasteiger partial charge in [0.15, 0.2) is 0 Å². The lowest BCUT2D eigenvalue weighted by atomic mass is 9.95. The van der Waals surface area contributed by atoms with Crippen LogP contribution in [0, 0.1) is 5.92 Å². The molecule has 3 heterocycles. The van der Waals surface area contributed by atoms with Crippen molar-refractivity contribution in [3.63, 3.8) is 0 Å². The molecular weight excluding hydrogens is 280 g/mol. The third kappa shape index (κ3) is 3.27. The number of piperazine rings is 1. The second-order valence-corrected chi connectivity index (χ2v) is 5.90. The quantitative estimate of drug-likeness (QED) is 0.857. The van der Waals surface area contributed by atoms with Crippen molar-refractivity contribution in [1.29, 1.82) is 0 Å². The number of hydrogen-bond acceptors (Lipinski definition) is 4. The minimum absolute atomic E-state index is 0.000195. The van der Waals surface area contributed by atoms with Crippen LogP contribution in [0.1, 0.15) is 23.2 Å². The highest BCUT2D eigenvalue weighted by molar-refractivity contribution is 5.94. The summed E-state index contributed by atoms with van der Waals surface area (Å²) in [6.45, 7) is 4.52. The van der Waals surface area contributed by atoms with Crippen LogP contribution in [0.3, 0.4) is 0 Å². The molecule has 2 aliphatic heterocycles. The number of amides is 2. The monoisotopic (exact) mass is 302 g/mol. The van der Waals surface area contributed by atoms with Crippen molar-refractivity contribution in [3.8, 4) is 0 Å². The van der Waals surface area contributed by atoms with Crippen LogP contribution in [0.15, 0.2) is 24.5 Å². The van der Waals surface area contributed by atoms with E-state index in [1.165, 1.54) is 0 Å². The summed E-state index contributed by atoms with van der Waals surface area (Å²) in [4.78, 5) is 32.8. The molecule has 22 heavy (non-hydrogen) atoms. The highest BCUT2D eigenvalue weighted by Crippen LogP contribution is 2.20. The van der Waals surface area contributed by atoms with Crippen LogP contribution in [0.4, 0.5) is 0 Å². The number of rotatable bonds is 2. The molecule has 2 saturated heterocycles. The SMILES string of the molecule is O=C(c1ccncc1)N1CCCC(C(=O)N2CCNCC2)C1. The number of piperidine rings is 1. The lowest BCUT2D eigenvalue weighted by Gasteiger charge is -2.36. The molecule has 0 bridgehead atoms. The molecule has 1 atom stereocenters. The molecule has 0 aliphatic carbocycles. The van der Waals surface area contributed by atoms with Crippen LogP contribution < -0.4 is 5.32 Å². The molecule has 2 aliphatic rings. The minimum Gasteiger partial charge on any atom is -0.340 e. The van der Waals surface area contributed by atoms with E-state index in [1.54, 1.807) is 24.5 Å². The molecule has 2 amide bonds. The fourth-order valence-corrected chi connectivity index (χ4v) is 3.18. The fourth-order valence-electron chi connectivity index (χ4n) is 3.18. The van der Waals surface area contributed by atoms with E-state index in [2.05, 4.69) is 10.3 Å². The first-order valence-corrected chi connectivity index (χ1v) is 7.94. The molecule has 0 aromatic carbocycles. The Morgan fingerprint density at radius 1 is 1.09 bits per heavy atom. The van der Waals surface area contributed by atoms with Crippen molar-refractivity contribution < 1.29 is 9.59 Å². The van der Waals surface area contributed by atoms with Crippen molar-refractivity contribution in [3.05, 3.63) is 30.1 Å². The number of nitrogens with one attached hydrogen (secondary N) is 1. The van der Waals surface area contributed by atoms with Crippen molar-refractivity contribution in [2.24, 2.45) is 5.92 Å². The number of aromatic nitrogens is 1. The standard InChI is InChI=1S/C16H22N4O2/c21-15(13-3-5-17-6-4-13)20-9-1-2-14(12-20)16(22)19-10-7-18-8-11-19/h3-6,14,18H,1-2,7-12H2. The average Bonchev–Trinajstić information content (AvgIpc) is 2.62. The first-order valence-electron chi connectivity index (χ1n) is 7.94. The minimum atomic E-state index is -0.0577. The maximum absolute atomic E-state index is 12.6. The largest absolute Gasteiger partial charge is 0.340 e. The Labute approximate surface area is 130 Å². The predicted octanol–water partition coefficient (Wildman–Crippen LogP) is 0.366. The van der Waals surface area contributed by atoms with Gasteiger partial charge < -0.3 is 15.1 Å². The van der Waals surface area contributed by atoms with Crippen molar-refractivity contribution in [2.75, 3.05) is 39.3 Å². The van der Waals surface area contributed by atoms with E-state index in [-0.39, 0.29) is 17.7 Å². The van der Waals surface area contributed by atoms with Gasteiger partial charge in [0.25, 0.3) is 5.91 Å². The van der Waals surface area contributed by atoms with Gasteiger partial charge >= 0.3 is 0 Å². The Morgan fingerprint density at radius 2 is 1.82 bits per heavy atom. The topological polar surface area (TPSA) is 65.5 Å². The van der Waals surface area contributed by atoms with E-state index >= 15 is 0 Å². The Bertz CT molecular complexity index is 528. The zero-order valence-corrected chi connectivity index (χ0v) is 12.7. The summed E-state index contributed by atoms with van der Waals surface area (Å²) in [6.07, 6.45) is 5.02. The average molecular weight is 302 g/mol. The van der Waals surface area contributed by atoms with Crippen molar-refractivity contribution in [1.82, 2.24) is 20.1 Å². The molecule has 6 heteroatoms. The molecule has 3 rings (SSSR count). The summed E-state index contributed by atoms with van der Waals surface area (Å²) in [5.74, 6) is 0.145. The maximum Gasteiger partial charge on any atom is 0.253 e. The molecule has 1 N–H and O–H groups in total. The number of hydrogen-bond donors (Lipinski definition) is 1. The Morgan fingerprint density at radius 3 is 2.55 bits per heavy atom. The summed E-state index contributed by atoms with van der Waals surface area (Å²) >= 11 is 0. The molecule has 2 fully saturated rings. The van der Waals surface area contributed by atoms with Crippen molar-refractivity contribution >= 4 is 11.8 Å². The van der Waals surface area contributed by atoms with Gasteiger partial charge in [0.05, 0.1) is 5.92 Å². The second-order valence-electron chi connectivity index (χ2n) is 5.90. The zero-order chi connectivity index (χ0) is 15.4. The second kappa shape index (κ2) is 6.87. The predicted molar refractivity (Wildman–Crippen MR) is 82.3 cm³/mol. The van der Waals surface area contributed by atoms with Crippen LogP contribution in [0.5, 0.6) is 0 Å². The normalized spacial score (nSPS) is 22.5. The van der Waals surface area contributed by atoms with Gasteiger partial charge in [-0.05, 0) is 25.0 Å². The Kier molecular flexibility index (Phi) is 4.68. The van der Waals surface area contributed by atoms with Gasteiger partial charge in [-0.25, -0.2) is 0 Å². The number of likely N-dealkylation sites (tertiary alicyclic amines) is 1. The van der Waals surface area contributed by atoms with Crippen LogP contribution in [-0.2, 0) is 4.79 Å². The summed E-state index contributed by atoms with van der Waals surface area (Å²) in [6, 6.07) is 3.45. The lowest BCUT2D eigenvalue weighted by Crippen LogP contribution is -2.52. The van der Waals surface area contributed by atoms with E-state index in [9.17, 15) is 9.59 Å². The lowest BCUT2D eigenvalue weighted by molar-refractivity contribution is -0.137. The third-order valence-corrected chi connectivity index (χ3v) is 4.41. The number of carbonyl (C=O) groups excluding carboxylic acids is 2. The highest BCUT2D eigenvalue weighted by Gasteiger charge is 2.31. The van der Waals surface area contributed by atoms with Crippen molar-refractivity contribution in [2.45, 2.75) is 12.8 Å². The van der Waals surface area contributed by atoms with E-state index in [1.807, 2.05) is 9.80 Å². The Balaban J connectivity index is 1.63. The number of nitrogens with zero attached hydrogens (tertiary/aromatic N) is 3. The van der Waals surface area contributed by atoms with Gasteiger partial charge in [0, 0.05) is 57.2 Å². The molecular formula is C16H22N4O2. The molecule has 0 spiro atoms. The van der Waals surface area contributed by atoms with Crippen LogP contribution >= 0.6 is 0 Å². The van der Waals surface area contributed by atoms with Crippen LogP contribution in [0.25, 0.3) is 0 Å². The zero-order valence-electron chi connectivity index (χ0n) is 12.7. The van der Waals surface area contributed by atoms with E-state index in [0.29, 0.717) is 12.1 Å². The molecule has 1 aromatic heterocycles. The van der Waals surface area contributed by atoms with E-state index < -0.39 is 0 Å². The third-order valence-electron chi connectivity index (χ3n) is 4.41. The van der Waals surface area contributed by atoms with E-state index in [0.717, 1.165) is 45.6 Å². The molecule has 0 radical (unpaired) electrons. The van der Waals surface area contributed by atoms with E-state index in [4.69, 9.17) is 0 Å². The van der Waals surface area contributed by atoms with Crippen LogP contribution in [0.2, 0.25) is 0 Å². The van der Waals surface area contributed by atoms with Crippen LogP contribution in [-0.4, -0.2) is 65.9 Å². The van der Waals surface area contributed by atoms with Gasteiger partial charge in [-0.15, -0.1) is 0 Å². The summed E-state index contributed by atoms with van der Waals surface area (Å²) in [5.41, 5.74) is 0.644. The summed E-state index contributed by atoms with van der Waals surface area (Å²) < 4.78 is 0. The van der Waals surface area contributed by atoms with Gasteiger partial charge in [-0.3, -0.25) is 14.6 Å². The van der Waals surface area contributed by atoms with Gasteiger partial charge in [-0.2, -0.15) is 0 Å². The first-order chi connectivity index (χ1) is 10.8. The van der Waals surface area contributed by atoms with Gasteiger partial charge in [-0.1, -0.05) is 0 Å². The fraction of sp³-hybridized carbons (Fsp3) is 0.562. The molecule has 1 aromatic rings. The smallest absolute Gasteiger partial charge is 0.253 e. The van der Waals surface area contributed by atoms with Gasteiger partial charge in [0.1, 0.15) is 0 Å². The molecule has 0 saturated carbocycles. The summed E-state index contributed by atoms with van der Waals surface area (Å²) in [5, 5.41) is 3.26. The molecule has 118 valence electrons. The Hall–Kier alpha value is -1.95. The molecule has 6 nitrogen and oxygen atoms in total. The summed E-state index contributed by atoms with van der Waals surface area (Å²) in [7, 11) is 0. The first kappa shape index (κ1) is 15.0. The number of pyridine rings is 1. The number of carbonyl (C=O) groups is 2.